The van der Waals surface area contributed by atoms with Gasteiger partial charge in [0.2, 0.25) is 0 Å². The third-order valence-electron chi connectivity index (χ3n) is 2.79. The van der Waals surface area contributed by atoms with Crippen LogP contribution in [0.1, 0.15) is 23.7 Å². The molecule has 0 bridgehead atoms. The van der Waals surface area contributed by atoms with Gasteiger partial charge in [0.15, 0.2) is 0 Å². The van der Waals surface area contributed by atoms with Crippen LogP contribution in [0.3, 0.4) is 0 Å². The first-order valence-electron chi connectivity index (χ1n) is 6.28. The molecule has 2 aromatic rings. The second-order valence-electron chi connectivity index (χ2n) is 4.23. The molecule has 0 aliphatic carbocycles. The van der Waals surface area contributed by atoms with Gasteiger partial charge in [-0.1, -0.05) is 37.3 Å². The van der Waals surface area contributed by atoms with Gasteiger partial charge in [-0.25, -0.2) is 4.79 Å². The largest absolute Gasteiger partial charge is 0.493 e. The van der Waals surface area contributed by atoms with Crippen LogP contribution >= 0.6 is 0 Å². The Morgan fingerprint density at radius 3 is 2.42 bits per heavy atom. The van der Waals surface area contributed by atoms with E-state index in [-0.39, 0.29) is 5.56 Å². The van der Waals surface area contributed by atoms with Gasteiger partial charge in [0.05, 0.1) is 12.2 Å². The van der Waals surface area contributed by atoms with E-state index >= 15 is 0 Å². The van der Waals surface area contributed by atoms with Crippen LogP contribution in [-0.2, 0) is 0 Å². The van der Waals surface area contributed by atoms with Crippen LogP contribution in [0.25, 0.3) is 11.1 Å². The number of hydrogen-bond acceptors (Lipinski definition) is 2. The Kier molecular flexibility index (Phi) is 4.18. The maximum Gasteiger partial charge on any atom is 0.335 e. The van der Waals surface area contributed by atoms with Crippen molar-refractivity contribution in [2.75, 3.05) is 6.61 Å². The Morgan fingerprint density at radius 2 is 1.79 bits per heavy atom. The summed E-state index contributed by atoms with van der Waals surface area (Å²) in [6.45, 7) is 2.73. The van der Waals surface area contributed by atoms with Crippen molar-refractivity contribution in [3.63, 3.8) is 0 Å². The van der Waals surface area contributed by atoms with Gasteiger partial charge < -0.3 is 9.84 Å². The van der Waals surface area contributed by atoms with Gasteiger partial charge in [0.25, 0.3) is 0 Å². The Balaban J connectivity index is 2.32. The number of carboxylic acid groups (broad SMARTS) is 1. The molecule has 1 N–H and O–H groups in total. The third kappa shape index (κ3) is 3.13. The molecule has 0 fully saturated rings. The van der Waals surface area contributed by atoms with Crippen LogP contribution in [0.4, 0.5) is 0 Å². The summed E-state index contributed by atoms with van der Waals surface area (Å²) < 4.78 is 5.70. The third-order valence-corrected chi connectivity index (χ3v) is 2.79. The Bertz CT molecular complexity index is 558. The van der Waals surface area contributed by atoms with Crippen molar-refractivity contribution in [3.8, 4) is 16.9 Å². The van der Waals surface area contributed by atoms with Crippen LogP contribution in [-0.4, -0.2) is 17.7 Å². The fourth-order valence-electron chi connectivity index (χ4n) is 1.84. The molecule has 0 heterocycles. The van der Waals surface area contributed by atoms with Gasteiger partial charge in [-0.3, -0.25) is 0 Å². The first-order valence-corrected chi connectivity index (χ1v) is 6.28. The normalized spacial score (nSPS) is 10.2. The maximum absolute atomic E-state index is 10.8. The molecule has 19 heavy (non-hydrogen) atoms. The van der Waals surface area contributed by atoms with E-state index in [1.165, 1.54) is 0 Å². The highest BCUT2D eigenvalue weighted by Gasteiger charge is 2.07. The SMILES string of the molecule is CCCOc1ccccc1-c1ccc(C(=O)O)cc1. The van der Waals surface area contributed by atoms with Crippen LogP contribution < -0.4 is 4.74 Å². The summed E-state index contributed by atoms with van der Waals surface area (Å²) in [7, 11) is 0. The standard InChI is InChI=1S/C16H16O3/c1-2-11-19-15-6-4-3-5-14(15)12-7-9-13(10-8-12)16(17)18/h3-10H,2,11H2,1H3,(H,17,18). The fraction of sp³-hybridized carbons (Fsp3) is 0.188. The predicted molar refractivity (Wildman–Crippen MR) is 74.6 cm³/mol. The Labute approximate surface area is 112 Å². The summed E-state index contributed by atoms with van der Waals surface area (Å²) in [5, 5.41) is 8.89. The van der Waals surface area contributed by atoms with Crippen LogP contribution in [0.2, 0.25) is 0 Å². The topological polar surface area (TPSA) is 46.5 Å². The Hall–Kier alpha value is -2.29. The molecule has 0 spiro atoms. The second-order valence-corrected chi connectivity index (χ2v) is 4.23. The highest BCUT2D eigenvalue weighted by molar-refractivity contribution is 5.88. The number of aromatic carboxylic acids is 1. The predicted octanol–water partition coefficient (Wildman–Crippen LogP) is 3.84. The number of ether oxygens (including phenoxy) is 1. The van der Waals surface area contributed by atoms with Gasteiger partial charge in [0.1, 0.15) is 5.75 Å². The summed E-state index contributed by atoms with van der Waals surface area (Å²) in [5.41, 5.74) is 2.22. The van der Waals surface area contributed by atoms with Crippen molar-refractivity contribution in [2.24, 2.45) is 0 Å². The highest BCUT2D eigenvalue weighted by atomic mass is 16.5. The lowest BCUT2D eigenvalue weighted by atomic mass is 10.0. The molecule has 0 aliphatic heterocycles. The molecule has 0 aromatic heterocycles. The zero-order chi connectivity index (χ0) is 13.7. The highest BCUT2D eigenvalue weighted by Crippen LogP contribution is 2.30. The van der Waals surface area contributed by atoms with Crippen LogP contribution in [0.5, 0.6) is 5.75 Å². The molecule has 0 saturated carbocycles. The number of para-hydroxylation sites is 1. The zero-order valence-electron chi connectivity index (χ0n) is 10.8. The van der Waals surface area contributed by atoms with Gasteiger partial charge >= 0.3 is 5.97 Å². The van der Waals surface area contributed by atoms with Crippen molar-refractivity contribution in [1.82, 2.24) is 0 Å². The quantitative estimate of drug-likeness (QED) is 0.884. The van der Waals surface area contributed by atoms with Gasteiger partial charge in [-0.2, -0.15) is 0 Å². The van der Waals surface area contributed by atoms with E-state index < -0.39 is 5.97 Å². The molecule has 0 amide bonds. The lowest BCUT2D eigenvalue weighted by molar-refractivity contribution is 0.0697. The average molecular weight is 256 g/mol. The van der Waals surface area contributed by atoms with Crippen molar-refractivity contribution in [2.45, 2.75) is 13.3 Å². The number of benzene rings is 2. The molecule has 0 atom stereocenters. The summed E-state index contributed by atoms with van der Waals surface area (Å²) in [6.07, 6.45) is 0.951. The molecule has 2 rings (SSSR count). The van der Waals surface area contributed by atoms with Crippen LogP contribution in [0, 0.1) is 0 Å². The molecule has 0 aliphatic rings. The maximum atomic E-state index is 10.8. The lowest BCUT2D eigenvalue weighted by Gasteiger charge is -2.11. The first kappa shape index (κ1) is 13.1. The minimum atomic E-state index is -0.915. The van der Waals surface area contributed by atoms with Crippen molar-refractivity contribution in [1.29, 1.82) is 0 Å². The van der Waals surface area contributed by atoms with Crippen molar-refractivity contribution in [3.05, 3.63) is 54.1 Å². The van der Waals surface area contributed by atoms with Gasteiger partial charge in [-0.05, 0) is 30.2 Å². The van der Waals surface area contributed by atoms with Crippen LogP contribution in [0.15, 0.2) is 48.5 Å². The molecule has 98 valence electrons. The van der Waals surface area contributed by atoms with Crippen molar-refractivity contribution >= 4 is 5.97 Å². The minimum Gasteiger partial charge on any atom is -0.493 e. The molecule has 2 aromatic carbocycles. The fourth-order valence-corrected chi connectivity index (χ4v) is 1.84. The summed E-state index contributed by atoms with van der Waals surface area (Å²) in [5.74, 6) is -0.0884. The number of hydrogen-bond donors (Lipinski definition) is 1. The van der Waals surface area contributed by atoms with E-state index in [0.29, 0.717) is 6.61 Å². The number of carbonyl (C=O) groups is 1. The first-order chi connectivity index (χ1) is 9.22. The second kappa shape index (κ2) is 6.05. The van der Waals surface area contributed by atoms with E-state index in [0.717, 1.165) is 23.3 Å². The lowest BCUT2D eigenvalue weighted by Crippen LogP contribution is -1.97. The van der Waals surface area contributed by atoms with E-state index in [4.69, 9.17) is 9.84 Å². The van der Waals surface area contributed by atoms with Gasteiger partial charge in [-0.15, -0.1) is 0 Å². The molecule has 3 heteroatoms. The molecular formula is C16H16O3. The molecule has 3 nitrogen and oxygen atoms in total. The summed E-state index contributed by atoms with van der Waals surface area (Å²) in [4.78, 5) is 10.8. The average Bonchev–Trinajstić information content (AvgIpc) is 2.45. The van der Waals surface area contributed by atoms with E-state index in [1.54, 1.807) is 24.3 Å². The number of rotatable bonds is 5. The van der Waals surface area contributed by atoms with Crippen molar-refractivity contribution < 1.29 is 14.6 Å². The summed E-state index contributed by atoms with van der Waals surface area (Å²) in [6, 6.07) is 14.6. The van der Waals surface area contributed by atoms with E-state index in [1.807, 2.05) is 24.3 Å². The monoisotopic (exact) mass is 256 g/mol. The Morgan fingerprint density at radius 1 is 1.11 bits per heavy atom. The molecule has 0 unspecified atom stereocenters. The number of carboxylic acids is 1. The zero-order valence-corrected chi connectivity index (χ0v) is 10.8. The van der Waals surface area contributed by atoms with E-state index in [2.05, 4.69) is 6.92 Å². The molecular weight excluding hydrogens is 240 g/mol. The van der Waals surface area contributed by atoms with E-state index in [9.17, 15) is 4.79 Å². The minimum absolute atomic E-state index is 0.288. The molecule has 0 radical (unpaired) electrons. The van der Waals surface area contributed by atoms with Gasteiger partial charge in [0, 0.05) is 5.56 Å². The smallest absolute Gasteiger partial charge is 0.335 e. The molecule has 0 saturated heterocycles. The summed E-state index contributed by atoms with van der Waals surface area (Å²) >= 11 is 0.